The zero-order valence-corrected chi connectivity index (χ0v) is 20.6. The van der Waals surface area contributed by atoms with Crippen molar-refractivity contribution in [3.63, 3.8) is 0 Å². The van der Waals surface area contributed by atoms with Crippen molar-refractivity contribution in [3.05, 3.63) is 53.1 Å². The molecule has 1 aliphatic rings. The molecule has 3 rings (SSSR count). The Kier molecular flexibility index (Phi) is 10.1. The number of rotatable bonds is 11. The summed E-state index contributed by atoms with van der Waals surface area (Å²) in [5.74, 6) is -0.0162. The summed E-state index contributed by atoms with van der Waals surface area (Å²) < 4.78 is 22.2. The first-order valence-corrected chi connectivity index (χ1v) is 11.7. The zero-order valence-electron chi connectivity index (χ0n) is 20.6. The fourth-order valence-corrected chi connectivity index (χ4v) is 4.20. The molecule has 0 amide bonds. The van der Waals surface area contributed by atoms with Gasteiger partial charge in [0.05, 0.1) is 34.0 Å². The van der Waals surface area contributed by atoms with E-state index in [4.69, 9.17) is 18.9 Å². The van der Waals surface area contributed by atoms with Crippen molar-refractivity contribution >= 4 is 6.08 Å². The number of phenols is 1. The fraction of sp³-hybridized carbons (Fsp3) is 0.462. The van der Waals surface area contributed by atoms with E-state index in [-0.39, 0.29) is 42.6 Å². The second-order valence-corrected chi connectivity index (χ2v) is 8.63. The van der Waals surface area contributed by atoms with Crippen LogP contribution in [0.5, 0.6) is 23.0 Å². The molecule has 1 saturated heterocycles. The van der Waals surface area contributed by atoms with Gasteiger partial charge in [0.15, 0.2) is 23.0 Å². The molecular formula is C26H34O11. The van der Waals surface area contributed by atoms with Crippen LogP contribution in [0.4, 0.5) is 0 Å². The fourth-order valence-electron chi connectivity index (χ4n) is 4.20. The summed E-state index contributed by atoms with van der Waals surface area (Å²) in [6.45, 7) is -1.15. The number of phenolic OH excluding ortho intramolecular Hbond substituents is 1. The quantitative estimate of drug-likeness (QED) is 0.210. The molecule has 204 valence electrons. The maximum atomic E-state index is 10.5. The minimum atomic E-state index is -1.65. The van der Waals surface area contributed by atoms with Crippen molar-refractivity contribution in [3.8, 4) is 23.0 Å². The van der Waals surface area contributed by atoms with Gasteiger partial charge in [0, 0.05) is 11.5 Å². The third-order valence-electron chi connectivity index (χ3n) is 6.21. The minimum absolute atomic E-state index is 0.0313. The van der Waals surface area contributed by atoms with Gasteiger partial charge < -0.3 is 54.7 Å². The molecule has 6 atom stereocenters. The third kappa shape index (κ3) is 6.51. The molecule has 0 spiro atoms. The number of benzene rings is 2. The van der Waals surface area contributed by atoms with Gasteiger partial charge >= 0.3 is 0 Å². The summed E-state index contributed by atoms with van der Waals surface area (Å²) in [5.41, 5.74) is 1.83. The summed E-state index contributed by atoms with van der Waals surface area (Å²) in [6.07, 6.45) is -4.04. The number of aromatic hydroxyl groups is 1. The van der Waals surface area contributed by atoms with E-state index >= 15 is 0 Å². The lowest BCUT2D eigenvalue weighted by molar-refractivity contribution is -0.277. The zero-order chi connectivity index (χ0) is 27.1. The lowest BCUT2D eigenvalue weighted by Gasteiger charge is -2.40. The topological polar surface area (TPSA) is 179 Å². The molecule has 11 heteroatoms. The second kappa shape index (κ2) is 13.1. The van der Waals surface area contributed by atoms with E-state index in [9.17, 15) is 35.7 Å². The smallest absolute Gasteiger partial charge is 0.229 e. The Morgan fingerprint density at radius 1 is 0.946 bits per heavy atom. The van der Waals surface area contributed by atoms with Gasteiger partial charge in [-0.1, -0.05) is 18.2 Å². The van der Waals surface area contributed by atoms with Crippen molar-refractivity contribution in [2.75, 3.05) is 34.0 Å². The molecule has 7 N–H and O–H groups in total. The number of methoxy groups -OCH3 is 2. The van der Waals surface area contributed by atoms with E-state index in [2.05, 4.69) is 0 Å². The molecule has 0 aliphatic carbocycles. The number of hydrogen-bond acceptors (Lipinski definition) is 11. The highest BCUT2D eigenvalue weighted by atomic mass is 16.7. The van der Waals surface area contributed by atoms with Crippen LogP contribution in [-0.4, -0.2) is 100 Å². The van der Waals surface area contributed by atoms with E-state index in [0.29, 0.717) is 11.1 Å². The van der Waals surface area contributed by atoms with Crippen LogP contribution in [0.2, 0.25) is 0 Å². The maximum Gasteiger partial charge on any atom is 0.229 e. The highest BCUT2D eigenvalue weighted by Gasteiger charge is 2.45. The number of ether oxygens (including phenoxy) is 4. The van der Waals surface area contributed by atoms with Crippen LogP contribution >= 0.6 is 0 Å². The van der Waals surface area contributed by atoms with Crippen molar-refractivity contribution in [2.45, 2.75) is 43.0 Å². The van der Waals surface area contributed by atoms with Crippen LogP contribution in [0.15, 0.2) is 36.4 Å². The van der Waals surface area contributed by atoms with Crippen LogP contribution < -0.4 is 14.2 Å². The molecule has 1 fully saturated rings. The van der Waals surface area contributed by atoms with Gasteiger partial charge in [-0.25, -0.2) is 0 Å². The highest BCUT2D eigenvalue weighted by molar-refractivity contribution is 5.60. The largest absolute Gasteiger partial charge is 0.504 e. The van der Waals surface area contributed by atoms with E-state index in [1.165, 1.54) is 26.4 Å². The van der Waals surface area contributed by atoms with Crippen LogP contribution in [0.25, 0.3) is 6.08 Å². The Morgan fingerprint density at radius 2 is 1.68 bits per heavy atom. The van der Waals surface area contributed by atoms with Crippen molar-refractivity contribution in [2.24, 2.45) is 0 Å². The van der Waals surface area contributed by atoms with Crippen molar-refractivity contribution < 1.29 is 54.7 Å². The highest BCUT2D eigenvalue weighted by Crippen LogP contribution is 2.41. The molecule has 11 nitrogen and oxygen atoms in total. The first-order valence-electron chi connectivity index (χ1n) is 11.7. The Morgan fingerprint density at radius 3 is 2.30 bits per heavy atom. The van der Waals surface area contributed by atoms with Crippen LogP contribution in [0.1, 0.15) is 22.6 Å². The molecule has 0 saturated carbocycles. The van der Waals surface area contributed by atoms with E-state index in [0.717, 1.165) is 5.56 Å². The van der Waals surface area contributed by atoms with Crippen LogP contribution in [0, 0.1) is 0 Å². The molecule has 1 aliphatic heterocycles. The van der Waals surface area contributed by atoms with Crippen molar-refractivity contribution in [1.29, 1.82) is 0 Å². The first kappa shape index (κ1) is 28.7. The van der Waals surface area contributed by atoms with Crippen LogP contribution in [0.3, 0.4) is 0 Å². The lowest BCUT2D eigenvalue weighted by atomic mass is 9.90. The summed E-state index contributed by atoms with van der Waals surface area (Å²) in [6, 6.07) is 8.14. The normalized spacial score (nSPS) is 24.7. The Balaban J connectivity index is 2.06. The van der Waals surface area contributed by atoms with Gasteiger partial charge in [-0.3, -0.25) is 0 Å². The molecule has 0 bridgehead atoms. The SMILES string of the molecule is COc1cc(CC(CO)c2cc(C=CCO)cc(OC)c2OC2OC(CO)C(O)C(O)C2O)ccc1O. The molecular weight excluding hydrogens is 488 g/mol. The molecule has 0 radical (unpaired) electrons. The van der Waals surface area contributed by atoms with Gasteiger partial charge in [-0.05, 0) is 41.8 Å². The summed E-state index contributed by atoms with van der Waals surface area (Å²) in [5, 5.41) is 69.9. The van der Waals surface area contributed by atoms with Gasteiger partial charge in [0.1, 0.15) is 24.4 Å². The molecule has 0 aromatic heterocycles. The maximum absolute atomic E-state index is 10.5. The van der Waals surface area contributed by atoms with Gasteiger partial charge in [0.2, 0.25) is 6.29 Å². The average molecular weight is 523 g/mol. The summed E-state index contributed by atoms with van der Waals surface area (Å²) in [4.78, 5) is 0. The second-order valence-electron chi connectivity index (χ2n) is 8.63. The third-order valence-corrected chi connectivity index (χ3v) is 6.21. The first-order chi connectivity index (χ1) is 17.8. The van der Waals surface area contributed by atoms with Gasteiger partial charge in [-0.2, -0.15) is 0 Å². The number of aliphatic hydroxyl groups excluding tert-OH is 6. The molecule has 2 aromatic rings. The van der Waals surface area contributed by atoms with Gasteiger partial charge in [0.25, 0.3) is 0 Å². The van der Waals surface area contributed by atoms with Gasteiger partial charge in [-0.15, -0.1) is 0 Å². The number of hydrogen-bond donors (Lipinski definition) is 7. The standard InChI is InChI=1S/C26H34O11/c1-34-19-10-15(5-6-18(19)30)8-16(12-28)17-9-14(4-3-7-27)11-20(35-2)25(17)37-26-24(33)23(32)22(31)21(13-29)36-26/h3-6,9-11,16,21-24,26-33H,7-8,12-13H2,1-2H3. The van der Waals surface area contributed by atoms with E-state index in [1.807, 2.05) is 0 Å². The van der Waals surface area contributed by atoms with E-state index < -0.39 is 43.2 Å². The predicted octanol–water partition coefficient (Wildman–Crippen LogP) is -0.0878. The van der Waals surface area contributed by atoms with E-state index in [1.54, 1.807) is 30.3 Å². The average Bonchev–Trinajstić information content (AvgIpc) is 2.91. The van der Waals surface area contributed by atoms with Crippen molar-refractivity contribution in [1.82, 2.24) is 0 Å². The lowest BCUT2D eigenvalue weighted by Crippen LogP contribution is -2.60. The Labute approximate surface area is 214 Å². The monoisotopic (exact) mass is 522 g/mol. The molecule has 6 unspecified atom stereocenters. The molecule has 37 heavy (non-hydrogen) atoms. The summed E-state index contributed by atoms with van der Waals surface area (Å²) >= 11 is 0. The Hall–Kier alpha value is -2.90. The summed E-state index contributed by atoms with van der Waals surface area (Å²) in [7, 11) is 2.83. The van der Waals surface area contributed by atoms with Crippen LogP contribution in [-0.2, 0) is 11.2 Å². The minimum Gasteiger partial charge on any atom is -0.504 e. The molecule has 2 aromatic carbocycles. The Bertz CT molecular complexity index is 1060. The predicted molar refractivity (Wildman–Crippen MR) is 132 cm³/mol. The number of aliphatic hydroxyl groups is 6. The molecule has 1 heterocycles.